The minimum Gasteiger partial charge on any atom is -0.481 e. The highest BCUT2D eigenvalue weighted by Gasteiger charge is 2.07. The Morgan fingerprint density at radius 3 is 2.84 bits per heavy atom. The molecule has 0 saturated heterocycles. The number of ether oxygens (including phenoxy) is 1. The zero-order chi connectivity index (χ0) is 13.2. The zero-order valence-corrected chi connectivity index (χ0v) is 11.6. The molecule has 0 amide bonds. The van der Waals surface area contributed by atoms with Crippen LogP contribution in [0.5, 0.6) is 5.88 Å². The van der Waals surface area contributed by atoms with E-state index < -0.39 is 0 Å². The Morgan fingerprint density at radius 2 is 2.16 bits per heavy atom. The normalized spacial score (nSPS) is 10.6. The number of aromatic nitrogens is 2. The van der Waals surface area contributed by atoms with Crippen molar-refractivity contribution in [2.45, 2.75) is 0 Å². The lowest BCUT2D eigenvalue weighted by Crippen LogP contribution is -1.91. The maximum Gasteiger partial charge on any atom is 0.213 e. The van der Waals surface area contributed by atoms with Crippen molar-refractivity contribution in [3.8, 4) is 5.88 Å². The molecular formula is C13H10ClN3OS. The van der Waals surface area contributed by atoms with Crippen LogP contribution in [0.15, 0.2) is 36.5 Å². The van der Waals surface area contributed by atoms with Gasteiger partial charge in [0.1, 0.15) is 0 Å². The molecule has 0 bridgehead atoms. The second-order valence-corrected chi connectivity index (χ2v) is 5.23. The van der Waals surface area contributed by atoms with Crippen molar-refractivity contribution in [1.82, 2.24) is 9.97 Å². The first-order chi connectivity index (χ1) is 9.26. The quantitative estimate of drug-likeness (QED) is 0.789. The topological polar surface area (TPSA) is 47.0 Å². The fourth-order valence-corrected chi connectivity index (χ4v) is 2.84. The van der Waals surface area contributed by atoms with E-state index in [1.165, 1.54) is 11.3 Å². The van der Waals surface area contributed by atoms with Crippen LogP contribution in [0, 0.1) is 0 Å². The average molecular weight is 292 g/mol. The SMILES string of the molecule is COc1ccc(Nc2nc3cccc(Cl)c3s2)cn1. The first-order valence-corrected chi connectivity index (χ1v) is 6.78. The first kappa shape index (κ1) is 12.2. The Bertz CT molecular complexity index is 711. The van der Waals surface area contributed by atoms with E-state index in [-0.39, 0.29) is 0 Å². The highest BCUT2D eigenvalue weighted by atomic mass is 35.5. The van der Waals surface area contributed by atoms with Gasteiger partial charge >= 0.3 is 0 Å². The number of hydrogen-bond acceptors (Lipinski definition) is 5. The number of nitrogens with zero attached hydrogens (tertiary/aromatic N) is 2. The molecule has 0 aliphatic rings. The summed E-state index contributed by atoms with van der Waals surface area (Å²) in [5.41, 5.74) is 1.75. The number of benzene rings is 1. The number of pyridine rings is 1. The van der Waals surface area contributed by atoms with Gasteiger partial charge in [-0.1, -0.05) is 29.0 Å². The molecule has 2 heterocycles. The molecule has 3 aromatic rings. The molecule has 0 fully saturated rings. The van der Waals surface area contributed by atoms with Crippen LogP contribution in [0.25, 0.3) is 10.2 Å². The summed E-state index contributed by atoms with van der Waals surface area (Å²) in [7, 11) is 1.59. The van der Waals surface area contributed by atoms with Crippen LogP contribution < -0.4 is 10.1 Å². The van der Waals surface area contributed by atoms with E-state index in [0.717, 1.165) is 26.1 Å². The fraction of sp³-hybridized carbons (Fsp3) is 0.0769. The van der Waals surface area contributed by atoms with Crippen molar-refractivity contribution in [2.24, 2.45) is 0 Å². The van der Waals surface area contributed by atoms with Gasteiger partial charge in [-0.3, -0.25) is 0 Å². The van der Waals surface area contributed by atoms with Gasteiger partial charge in [0.25, 0.3) is 0 Å². The monoisotopic (exact) mass is 291 g/mol. The number of halogens is 1. The number of fused-ring (bicyclic) bond motifs is 1. The van der Waals surface area contributed by atoms with Crippen LogP contribution in [0.2, 0.25) is 5.02 Å². The molecule has 0 atom stereocenters. The highest BCUT2D eigenvalue weighted by molar-refractivity contribution is 7.22. The van der Waals surface area contributed by atoms with Crippen LogP contribution in [-0.4, -0.2) is 17.1 Å². The second kappa shape index (κ2) is 5.03. The molecule has 3 rings (SSSR count). The van der Waals surface area contributed by atoms with E-state index in [9.17, 15) is 0 Å². The van der Waals surface area contributed by atoms with Gasteiger partial charge in [-0.05, 0) is 18.2 Å². The molecule has 2 aromatic heterocycles. The number of nitrogens with one attached hydrogen (secondary N) is 1. The molecule has 0 radical (unpaired) electrons. The fourth-order valence-electron chi connectivity index (χ4n) is 1.67. The Hall–Kier alpha value is -1.85. The molecule has 1 N–H and O–H groups in total. The Kier molecular flexibility index (Phi) is 3.23. The summed E-state index contributed by atoms with van der Waals surface area (Å²) in [5.74, 6) is 0.581. The number of anilines is 2. The van der Waals surface area contributed by atoms with Crippen LogP contribution in [0.4, 0.5) is 10.8 Å². The molecule has 0 unspecified atom stereocenters. The Balaban J connectivity index is 1.90. The third-order valence-corrected chi connectivity index (χ3v) is 4.01. The lowest BCUT2D eigenvalue weighted by Gasteiger charge is -2.02. The number of rotatable bonds is 3. The number of thiazole rings is 1. The lowest BCUT2D eigenvalue weighted by molar-refractivity contribution is 0.398. The maximum absolute atomic E-state index is 6.13. The molecule has 0 saturated carbocycles. The average Bonchev–Trinajstić information content (AvgIpc) is 2.84. The summed E-state index contributed by atoms with van der Waals surface area (Å²) in [5, 5.41) is 4.71. The maximum atomic E-state index is 6.13. The summed E-state index contributed by atoms with van der Waals surface area (Å²) < 4.78 is 5.99. The van der Waals surface area contributed by atoms with Crippen molar-refractivity contribution in [2.75, 3.05) is 12.4 Å². The van der Waals surface area contributed by atoms with Crippen LogP contribution >= 0.6 is 22.9 Å². The van der Waals surface area contributed by atoms with Crippen LogP contribution in [-0.2, 0) is 0 Å². The summed E-state index contributed by atoms with van der Waals surface area (Å²) >= 11 is 7.64. The van der Waals surface area contributed by atoms with Gasteiger partial charge in [0.2, 0.25) is 5.88 Å². The van der Waals surface area contributed by atoms with Crippen LogP contribution in [0.3, 0.4) is 0 Å². The molecule has 0 aliphatic heterocycles. The predicted molar refractivity (Wildman–Crippen MR) is 78.7 cm³/mol. The van der Waals surface area contributed by atoms with Crippen molar-refractivity contribution in [3.05, 3.63) is 41.6 Å². The summed E-state index contributed by atoms with van der Waals surface area (Å²) in [6.07, 6.45) is 1.70. The van der Waals surface area contributed by atoms with Gasteiger partial charge in [-0.15, -0.1) is 0 Å². The van der Waals surface area contributed by atoms with Gasteiger partial charge in [-0.25, -0.2) is 9.97 Å². The van der Waals surface area contributed by atoms with Crippen LogP contribution in [0.1, 0.15) is 0 Å². The molecular weight excluding hydrogens is 282 g/mol. The third kappa shape index (κ3) is 2.47. The molecule has 6 heteroatoms. The van der Waals surface area contributed by atoms with E-state index in [1.807, 2.05) is 24.3 Å². The summed E-state index contributed by atoms with van der Waals surface area (Å²) in [4.78, 5) is 8.61. The predicted octanol–water partition coefficient (Wildman–Crippen LogP) is 4.10. The van der Waals surface area contributed by atoms with Crippen molar-refractivity contribution in [1.29, 1.82) is 0 Å². The van der Waals surface area contributed by atoms with Gasteiger partial charge < -0.3 is 10.1 Å². The summed E-state index contributed by atoms with van der Waals surface area (Å²) in [6, 6.07) is 9.38. The van der Waals surface area contributed by atoms with E-state index in [0.29, 0.717) is 5.88 Å². The number of hydrogen-bond donors (Lipinski definition) is 1. The molecule has 19 heavy (non-hydrogen) atoms. The summed E-state index contributed by atoms with van der Waals surface area (Å²) in [6.45, 7) is 0. The standard InChI is InChI=1S/C13H10ClN3OS/c1-18-11-6-5-8(7-15-11)16-13-17-10-4-2-3-9(14)12(10)19-13/h2-7H,1H3,(H,16,17). The Morgan fingerprint density at radius 1 is 1.26 bits per heavy atom. The minimum atomic E-state index is 0.581. The second-order valence-electron chi connectivity index (χ2n) is 3.82. The zero-order valence-electron chi connectivity index (χ0n) is 10.1. The van der Waals surface area contributed by atoms with Crippen molar-refractivity contribution < 1.29 is 4.74 Å². The highest BCUT2D eigenvalue weighted by Crippen LogP contribution is 2.33. The Labute approximate surface area is 119 Å². The van der Waals surface area contributed by atoms with Gasteiger partial charge in [0.15, 0.2) is 5.13 Å². The van der Waals surface area contributed by atoms with Gasteiger partial charge in [0, 0.05) is 6.07 Å². The smallest absolute Gasteiger partial charge is 0.213 e. The van der Waals surface area contributed by atoms with E-state index in [1.54, 1.807) is 19.4 Å². The first-order valence-electron chi connectivity index (χ1n) is 5.58. The molecule has 96 valence electrons. The van der Waals surface area contributed by atoms with E-state index in [2.05, 4.69) is 15.3 Å². The molecule has 1 aromatic carbocycles. The van der Waals surface area contributed by atoms with Crippen molar-refractivity contribution in [3.63, 3.8) is 0 Å². The van der Waals surface area contributed by atoms with E-state index in [4.69, 9.17) is 16.3 Å². The molecule has 0 aliphatic carbocycles. The minimum absolute atomic E-state index is 0.581. The van der Waals surface area contributed by atoms with E-state index >= 15 is 0 Å². The largest absolute Gasteiger partial charge is 0.481 e. The van der Waals surface area contributed by atoms with Gasteiger partial charge in [-0.2, -0.15) is 0 Å². The third-order valence-electron chi connectivity index (χ3n) is 2.56. The molecule has 0 spiro atoms. The molecule has 4 nitrogen and oxygen atoms in total. The van der Waals surface area contributed by atoms with Crippen molar-refractivity contribution >= 4 is 44.0 Å². The number of methoxy groups -OCH3 is 1. The van der Waals surface area contributed by atoms with Gasteiger partial charge in [0.05, 0.1) is 34.2 Å². The lowest BCUT2D eigenvalue weighted by atomic mass is 10.3.